The van der Waals surface area contributed by atoms with Crippen LogP contribution in [0.5, 0.6) is 0 Å². The minimum absolute atomic E-state index is 0. The molecule has 2 N–H and O–H groups in total. The quantitative estimate of drug-likeness (QED) is 0.375. The van der Waals surface area contributed by atoms with Gasteiger partial charge >= 0.3 is 0 Å². The van der Waals surface area contributed by atoms with E-state index in [1.54, 1.807) is 7.05 Å². The van der Waals surface area contributed by atoms with Crippen LogP contribution in [0.15, 0.2) is 4.99 Å². The molecule has 2 aliphatic rings. The maximum absolute atomic E-state index is 11.5. The summed E-state index contributed by atoms with van der Waals surface area (Å²) >= 11 is 0. The first-order valence-electron chi connectivity index (χ1n) is 8.31. The van der Waals surface area contributed by atoms with Crippen LogP contribution < -0.4 is 10.6 Å². The van der Waals surface area contributed by atoms with Gasteiger partial charge in [-0.15, -0.1) is 24.0 Å². The molecule has 6 nitrogen and oxygen atoms in total. The summed E-state index contributed by atoms with van der Waals surface area (Å²) in [6.07, 6.45) is 3.22. The van der Waals surface area contributed by atoms with Crippen LogP contribution >= 0.6 is 24.0 Å². The van der Waals surface area contributed by atoms with Crippen molar-refractivity contribution in [2.45, 2.75) is 45.2 Å². The second-order valence-electron chi connectivity index (χ2n) is 6.76. The van der Waals surface area contributed by atoms with Gasteiger partial charge in [0.2, 0.25) is 0 Å². The highest BCUT2D eigenvalue weighted by molar-refractivity contribution is 14.0. The Morgan fingerprint density at radius 1 is 1.30 bits per heavy atom. The van der Waals surface area contributed by atoms with E-state index in [1.165, 1.54) is 12.8 Å². The summed E-state index contributed by atoms with van der Waals surface area (Å²) in [6.45, 7) is 7.71. The molecule has 0 aromatic heterocycles. The van der Waals surface area contributed by atoms with Gasteiger partial charge in [0.15, 0.2) is 15.8 Å². The Morgan fingerprint density at radius 3 is 2.48 bits per heavy atom. The van der Waals surface area contributed by atoms with Crippen LogP contribution in [-0.2, 0) is 9.84 Å². The van der Waals surface area contributed by atoms with E-state index in [0.29, 0.717) is 18.4 Å². The second kappa shape index (κ2) is 9.41. The maximum Gasteiger partial charge on any atom is 0.191 e. The topological polar surface area (TPSA) is 73.8 Å². The third-order valence-electron chi connectivity index (χ3n) is 4.80. The Balaban J connectivity index is 0.00000264. The Labute approximate surface area is 157 Å². The number of likely N-dealkylation sites (tertiary alicyclic amines) is 1. The van der Waals surface area contributed by atoms with Gasteiger partial charge in [0, 0.05) is 25.7 Å². The average Bonchev–Trinajstić information content (AvgIpc) is 2.82. The molecule has 136 valence electrons. The molecule has 2 heterocycles. The zero-order valence-corrected chi connectivity index (χ0v) is 17.6. The molecule has 2 saturated heterocycles. The van der Waals surface area contributed by atoms with Crippen molar-refractivity contribution in [1.29, 1.82) is 0 Å². The van der Waals surface area contributed by atoms with Crippen molar-refractivity contribution in [3.05, 3.63) is 0 Å². The highest BCUT2D eigenvalue weighted by atomic mass is 127. The number of nitrogens with zero attached hydrogens (tertiary/aromatic N) is 2. The van der Waals surface area contributed by atoms with Crippen molar-refractivity contribution < 1.29 is 8.42 Å². The van der Waals surface area contributed by atoms with E-state index in [1.807, 2.05) is 0 Å². The van der Waals surface area contributed by atoms with Crippen LogP contribution in [0, 0.1) is 5.92 Å². The van der Waals surface area contributed by atoms with Crippen LogP contribution in [-0.4, -0.2) is 69.5 Å². The van der Waals surface area contributed by atoms with Crippen molar-refractivity contribution in [2.24, 2.45) is 10.9 Å². The predicted molar refractivity (Wildman–Crippen MR) is 106 cm³/mol. The molecule has 0 aromatic carbocycles. The Morgan fingerprint density at radius 2 is 1.96 bits per heavy atom. The van der Waals surface area contributed by atoms with Crippen molar-refractivity contribution in [2.75, 3.05) is 38.2 Å². The lowest BCUT2D eigenvalue weighted by Gasteiger charge is -2.35. The molecule has 0 aliphatic carbocycles. The first kappa shape index (κ1) is 21.0. The van der Waals surface area contributed by atoms with Crippen molar-refractivity contribution in [3.8, 4) is 0 Å². The van der Waals surface area contributed by atoms with Crippen LogP contribution in [0.1, 0.15) is 33.1 Å². The third kappa shape index (κ3) is 6.74. The van der Waals surface area contributed by atoms with Gasteiger partial charge in [0.25, 0.3) is 0 Å². The molecule has 2 aliphatic heterocycles. The lowest BCUT2D eigenvalue weighted by molar-refractivity contribution is 0.147. The molecular formula is C15H31IN4O2S. The zero-order valence-electron chi connectivity index (χ0n) is 14.4. The zero-order chi connectivity index (χ0) is 16.2. The molecule has 0 amide bonds. The third-order valence-corrected chi connectivity index (χ3v) is 6.57. The number of hydrogen-bond donors (Lipinski definition) is 2. The lowest BCUT2D eigenvalue weighted by Crippen LogP contribution is -2.50. The summed E-state index contributed by atoms with van der Waals surface area (Å²) in [6, 6.07) is 0.445. The van der Waals surface area contributed by atoms with Crippen LogP contribution in [0.3, 0.4) is 0 Å². The first-order chi connectivity index (χ1) is 10.4. The fraction of sp³-hybridized carbons (Fsp3) is 0.933. The summed E-state index contributed by atoms with van der Waals surface area (Å²) in [5, 5.41) is 6.56. The SMILES string of the molecule is CN=C(NCC(C)N1CCC(C)CC1)NC1CCS(=O)(=O)C1.I. The van der Waals surface area contributed by atoms with Crippen molar-refractivity contribution in [3.63, 3.8) is 0 Å². The van der Waals surface area contributed by atoms with Gasteiger partial charge in [-0.2, -0.15) is 0 Å². The van der Waals surface area contributed by atoms with Crippen LogP contribution in [0.25, 0.3) is 0 Å². The van der Waals surface area contributed by atoms with Gasteiger partial charge in [0.1, 0.15) is 0 Å². The van der Waals surface area contributed by atoms with Gasteiger partial charge in [0.05, 0.1) is 11.5 Å². The van der Waals surface area contributed by atoms with Gasteiger partial charge in [-0.05, 0) is 45.2 Å². The van der Waals surface area contributed by atoms with Gasteiger partial charge in [-0.1, -0.05) is 6.92 Å². The molecule has 23 heavy (non-hydrogen) atoms. The van der Waals surface area contributed by atoms with Crippen LogP contribution in [0.2, 0.25) is 0 Å². The van der Waals surface area contributed by atoms with E-state index >= 15 is 0 Å². The number of rotatable bonds is 4. The number of nitrogens with one attached hydrogen (secondary N) is 2. The maximum atomic E-state index is 11.5. The first-order valence-corrected chi connectivity index (χ1v) is 10.1. The fourth-order valence-corrected chi connectivity index (χ4v) is 4.81. The Kier molecular flexibility index (Phi) is 8.57. The van der Waals surface area contributed by atoms with E-state index < -0.39 is 9.84 Å². The summed E-state index contributed by atoms with van der Waals surface area (Å²) in [4.78, 5) is 6.72. The van der Waals surface area contributed by atoms with Crippen molar-refractivity contribution in [1.82, 2.24) is 15.5 Å². The molecule has 2 atom stereocenters. The molecular weight excluding hydrogens is 427 g/mol. The molecule has 0 radical (unpaired) electrons. The molecule has 2 rings (SSSR count). The second-order valence-corrected chi connectivity index (χ2v) is 8.99. The smallest absolute Gasteiger partial charge is 0.191 e. The Hall–Kier alpha value is -0.0900. The summed E-state index contributed by atoms with van der Waals surface area (Å²) < 4.78 is 23.0. The molecule has 0 saturated carbocycles. The number of piperidine rings is 1. The molecule has 0 bridgehead atoms. The van der Waals surface area contributed by atoms with E-state index in [-0.39, 0.29) is 41.5 Å². The highest BCUT2D eigenvalue weighted by Gasteiger charge is 2.28. The molecule has 8 heteroatoms. The average molecular weight is 458 g/mol. The monoisotopic (exact) mass is 458 g/mol. The summed E-state index contributed by atoms with van der Waals surface area (Å²) in [5.41, 5.74) is 0. The number of hydrogen-bond acceptors (Lipinski definition) is 4. The normalized spacial score (nSPS) is 27.3. The lowest BCUT2D eigenvalue weighted by atomic mass is 9.98. The van der Waals surface area contributed by atoms with E-state index in [9.17, 15) is 8.42 Å². The number of aliphatic imine (C=N–C) groups is 1. The Bertz CT molecular complexity index is 490. The fourth-order valence-electron chi connectivity index (χ4n) is 3.14. The largest absolute Gasteiger partial charge is 0.355 e. The van der Waals surface area contributed by atoms with E-state index in [4.69, 9.17) is 0 Å². The predicted octanol–water partition coefficient (Wildman–Crippen LogP) is 1.08. The number of halogens is 1. The minimum atomic E-state index is -2.86. The summed E-state index contributed by atoms with van der Waals surface area (Å²) in [5.74, 6) is 2.05. The minimum Gasteiger partial charge on any atom is -0.355 e. The summed E-state index contributed by atoms with van der Waals surface area (Å²) in [7, 11) is -1.13. The van der Waals surface area contributed by atoms with Gasteiger partial charge in [-0.3, -0.25) is 9.89 Å². The molecule has 2 unspecified atom stereocenters. The van der Waals surface area contributed by atoms with Gasteiger partial charge in [-0.25, -0.2) is 8.42 Å². The standard InChI is InChI=1S/C15H30N4O2S.HI/c1-12-4-7-19(8-5-12)13(2)10-17-15(16-3)18-14-6-9-22(20,21)11-14;/h12-14H,4-11H2,1-3H3,(H2,16,17,18);1H. The number of guanidine groups is 1. The van der Waals surface area contributed by atoms with E-state index in [2.05, 4.69) is 34.4 Å². The van der Waals surface area contributed by atoms with Gasteiger partial charge < -0.3 is 10.6 Å². The number of sulfone groups is 1. The molecule has 2 fully saturated rings. The molecule has 0 spiro atoms. The van der Waals surface area contributed by atoms with Crippen LogP contribution in [0.4, 0.5) is 0 Å². The van der Waals surface area contributed by atoms with E-state index in [0.717, 1.165) is 25.6 Å². The molecule has 0 aromatic rings. The highest BCUT2D eigenvalue weighted by Crippen LogP contribution is 2.17. The van der Waals surface area contributed by atoms with Crippen molar-refractivity contribution >= 4 is 39.8 Å².